The molecule has 126 valence electrons. The summed E-state index contributed by atoms with van der Waals surface area (Å²) < 4.78 is 11.0. The first-order chi connectivity index (χ1) is 11.6. The first-order valence-electron chi connectivity index (χ1n) is 7.11. The van der Waals surface area contributed by atoms with E-state index in [9.17, 15) is 9.59 Å². The summed E-state index contributed by atoms with van der Waals surface area (Å²) in [6, 6.07) is 7.07. The predicted molar refractivity (Wildman–Crippen MR) is 84.5 cm³/mol. The van der Waals surface area contributed by atoms with Gasteiger partial charge >= 0.3 is 0 Å². The van der Waals surface area contributed by atoms with Crippen LogP contribution in [-0.4, -0.2) is 45.5 Å². The maximum Gasteiger partial charge on any atom is 0.283 e. The van der Waals surface area contributed by atoms with Gasteiger partial charge in [0.15, 0.2) is 11.5 Å². The number of fused-ring (bicyclic) bond motifs is 1. The number of nitrogens with zero attached hydrogens (tertiary/aromatic N) is 2. The molecule has 0 aliphatic carbocycles. The molecule has 1 aromatic heterocycles. The number of amides is 2. The molecule has 2 amide bonds. The Morgan fingerprint density at radius 1 is 1.33 bits per heavy atom. The fourth-order valence-electron chi connectivity index (χ4n) is 1.91. The van der Waals surface area contributed by atoms with Crippen molar-refractivity contribution in [3.8, 4) is 11.5 Å². The van der Waals surface area contributed by atoms with Crippen LogP contribution < -0.4 is 20.3 Å². The van der Waals surface area contributed by atoms with Gasteiger partial charge in [-0.3, -0.25) is 25.5 Å². The van der Waals surface area contributed by atoms with Gasteiger partial charge in [0.05, 0.1) is 5.75 Å². The fourth-order valence-corrected chi connectivity index (χ4v) is 2.56. The number of aromatic nitrogens is 3. The molecule has 2 heterocycles. The number of hydrazine groups is 1. The van der Waals surface area contributed by atoms with Crippen molar-refractivity contribution in [3.05, 3.63) is 30.1 Å². The molecule has 10 heteroatoms. The molecule has 1 aromatic carbocycles. The Morgan fingerprint density at radius 3 is 2.88 bits per heavy atom. The molecule has 2 aromatic rings. The largest absolute Gasteiger partial charge is 0.485 e. The van der Waals surface area contributed by atoms with Crippen LogP contribution in [0.3, 0.4) is 0 Å². The molecule has 1 atom stereocenters. The summed E-state index contributed by atoms with van der Waals surface area (Å²) in [5.74, 6) is 0.947. The standard InChI is InChI=1S/C14H15N5O4S/c1-8-15-14(19-16-8)24-7-12(20)17-18-13(21)11-6-22-9-4-2-3-5-10(9)23-11/h2-5,11H,6-7H2,1H3,(H,17,20)(H,18,21)(H,15,16,19)/t11-/m1/s1. The zero-order valence-electron chi connectivity index (χ0n) is 12.7. The van der Waals surface area contributed by atoms with Crippen LogP contribution in [0.25, 0.3) is 0 Å². The molecule has 0 radical (unpaired) electrons. The van der Waals surface area contributed by atoms with E-state index in [4.69, 9.17) is 9.47 Å². The molecule has 1 aliphatic heterocycles. The second-order valence-electron chi connectivity index (χ2n) is 4.89. The number of rotatable bonds is 4. The molecule has 24 heavy (non-hydrogen) atoms. The van der Waals surface area contributed by atoms with Gasteiger partial charge in [-0.1, -0.05) is 23.9 Å². The quantitative estimate of drug-likeness (QED) is 0.533. The van der Waals surface area contributed by atoms with Crippen molar-refractivity contribution in [3.63, 3.8) is 0 Å². The highest BCUT2D eigenvalue weighted by Crippen LogP contribution is 2.30. The fraction of sp³-hybridized carbons (Fsp3) is 0.286. The minimum atomic E-state index is -0.830. The lowest BCUT2D eigenvalue weighted by molar-refractivity contribution is -0.134. The van der Waals surface area contributed by atoms with Gasteiger partial charge in [0, 0.05) is 0 Å². The number of carbonyl (C=O) groups excluding carboxylic acids is 2. The zero-order valence-corrected chi connectivity index (χ0v) is 13.6. The molecule has 0 saturated carbocycles. The maximum atomic E-state index is 12.0. The molecule has 3 rings (SSSR count). The zero-order chi connectivity index (χ0) is 16.9. The normalized spacial score (nSPS) is 15.6. The molecule has 0 bridgehead atoms. The monoisotopic (exact) mass is 349 g/mol. The third-order valence-electron chi connectivity index (χ3n) is 3.04. The van der Waals surface area contributed by atoms with Gasteiger partial charge in [-0.05, 0) is 19.1 Å². The lowest BCUT2D eigenvalue weighted by atomic mass is 10.2. The summed E-state index contributed by atoms with van der Waals surface area (Å²) in [6.07, 6.45) is -0.830. The molecule has 0 saturated heterocycles. The van der Waals surface area contributed by atoms with Crippen LogP contribution in [0, 0.1) is 6.92 Å². The number of para-hydroxylation sites is 2. The molecule has 1 aliphatic rings. The summed E-state index contributed by atoms with van der Waals surface area (Å²) in [5, 5.41) is 7.05. The number of benzene rings is 1. The number of hydrogen-bond acceptors (Lipinski definition) is 7. The van der Waals surface area contributed by atoms with Crippen molar-refractivity contribution in [1.29, 1.82) is 0 Å². The van der Waals surface area contributed by atoms with Crippen molar-refractivity contribution in [2.45, 2.75) is 18.2 Å². The maximum absolute atomic E-state index is 12.0. The summed E-state index contributed by atoms with van der Waals surface area (Å²) >= 11 is 1.15. The average molecular weight is 349 g/mol. The van der Waals surface area contributed by atoms with Crippen LogP contribution in [0.5, 0.6) is 11.5 Å². The lowest BCUT2D eigenvalue weighted by Crippen LogP contribution is -2.51. The van der Waals surface area contributed by atoms with E-state index in [1.165, 1.54) is 0 Å². The van der Waals surface area contributed by atoms with E-state index in [1.54, 1.807) is 25.1 Å². The minimum Gasteiger partial charge on any atom is -0.485 e. The Balaban J connectivity index is 1.43. The van der Waals surface area contributed by atoms with Crippen LogP contribution in [-0.2, 0) is 9.59 Å². The Labute approximate surface area is 141 Å². The number of H-pyrrole nitrogens is 1. The molecule has 9 nitrogen and oxygen atoms in total. The predicted octanol–water partition coefficient (Wildman–Crippen LogP) is 0.193. The number of hydrogen-bond donors (Lipinski definition) is 3. The number of nitrogens with one attached hydrogen (secondary N) is 3. The number of aryl methyl sites for hydroxylation is 1. The van der Waals surface area contributed by atoms with E-state index in [-0.39, 0.29) is 18.3 Å². The summed E-state index contributed by atoms with van der Waals surface area (Å²) in [4.78, 5) is 27.8. The first kappa shape index (κ1) is 16.1. The van der Waals surface area contributed by atoms with Crippen LogP contribution in [0.15, 0.2) is 29.4 Å². The van der Waals surface area contributed by atoms with Gasteiger partial charge in [0.1, 0.15) is 12.4 Å². The van der Waals surface area contributed by atoms with E-state index in [1.807, 2.05) is 6.07 Å². The Hall–Kier alpha value is -2.75. The van der Waals surface area contributed by atoms with Crippen molar-refractivity contribution >= 4 is 23.6 Å². The minimum absolute atomic E-state index is 0.0719. The second kappa shape index (κ2) is 7.21. The van der Waals surface area contributed by atoms with E-state index >= 15 is 0 Å². The average Bonchev–Trinajstić information content (AvgIpc) is 3.02. The van der Waals surface area contributed by atoms with E-state index in [0.717, 1.165) is 11.8 Å². The van der Waals surface area contributed by atoms with Crippen LogP contribution in [0.4, 0.5) is 0 Å². The second-order valence-corrected chi connectivity index (χ2v) is 5.84. The SMILES string of the molecule is Cc1nc(SCC(=O)NNC(=O)[C@H]2COc3ccccc3O2)n[nH]1. The third kappa shape index (κ3) is 3.96. The topological polar surface area (TPSA) is 118 Å². The van der Waals surface area contributed by atoms with Gasteiger partial charge in [0.2, 0.25) is 17.2 Å². The summed E-state index contributed by atoms with van der Waals surface area (Å²) in [5.41, 5.74) is 4.64. The first-order valence-corrected chi connectivity index (χ1v) is 8.09. The van der Waals surface area contributed by atoms with Gasteiger partial charge in [-0.15, -0.1) is 5.10 Å². The molecule has 3 N–H and O–H groups in total. The summed E-state index contributed by atoms with van der Waals surface area (Å²) in [6.45, 7) is 1.84. The Morgan fingerprint density at radius 2 is 2.12 bits per heavy atom. The molecule has 0 fully saturated rings. The van der Waals surface area contributed by atoms with Crippen LogP contribution in [0.2, 0.25) is 0 Å². The summed E-state index contributed by atoms with van der Waals surface area (Å²) in [7, 11) is 0. The van der Waals surface area contributed by atoms with E-state index in [2.05, 4.69) is 26.0 Å². The Kier molecular flexibility index (Phi) is 4.85. The highest BCUT2D eigenvalue weighted by Gasteiger charge is 2.27. The van der Waals surface area contributed by atoms with Gasteiger partial charge in [0.25, 0.3) is 5.91 Å². The molecular weight excluding hydrogens is 334 g/mol. The smallest absolute Gasteiger partial charge is 0.283 e. The molecule has 0 unspecified atom stereocenters. The van der Waals surface area contributed by atoms with Crippen molar-refractivity contribution in [2.75, 3.05) is 12.4 Å². The van der Waals surface area contributed by atoms with E-state index < -0.39 is 12.0 Å². The number of aromatic amines is 1. The third-order valence-corrected chi connectivity index (χ3v) is 3.88. The van der Waals surface area contributed by atoms with Crippen molar-refractivity contribution in [2.24, 2.45) is 0 Å². The van der Waals surface area contributed by atoms with Crippen LogP contribution >= 0.6 is 11.8 Å². The van der Waals surface area contributed by atoms with Gasteiger partial charge < -0.3 is 9.47 Å². The lowest BCUT2D eigenvalue weighted by Gasteiger charge is -2.25. The van der Waals surface area contributed by atoms with Crippen LogP contribution in [0.1, 0.15) is 5.82 Å². The Bertz CT molecular complexity index is 750. The van der Waals surface area contributed by atoms with Crippen molar-refractivity contribution < 1.29 is 19.1 Å². The number of thioether (sulfide) groups is 1. The van der Waals surface area contributed by atoms with E-state index in [0.29, 0.717) is 22.5 Å². The number of ether oxygens (including phenoxy) is 2. The highest BCUT2D eigenvalue weighted by atomic mass is 32.2. The highest BCUT2D eigenvalue weighted by molar-refractivity contribution is 7.99. The van der Waals surface area contributed by atoms with Gasteiger partial charge in [-0.25, -0.2) is 4.98 Å². The molecular formula is C14H15N5O4S. The van der Waals surface area contributed by atoms with Crippen molar-refractivity contribution in [1.82, 2.24) is 26.0 Å². The number of carbonyl (C=O) groups is 2. The molecule has 0 spiro atoms. The van der Waals surface area contributed by atoms with Gasteiger partial charge in [-0.2, -0.15) is 0 Å².